The number of hydrogen-bond donors (Lipinski definition) is 0. The molecule has 1 aliphatic rings. The molecule has 0 unspecified atom stereocenters. The molecule has 0 saturated carbocycles. The summed E-state index contributed by atoms with van der Waals surface area (Å²) in [5, 5.41) is 0. The first-order valence-corrected chi connectivity index (χ1v) is 1.72. The van der Waals surface area contributed by atoms with Crippen LogP contribution >= 0.6 is 0 Å². The van der Waals surface area contributed by atoms with Crippen LogP contribution in [0.3, 0.4) is 0 Å². The second kappa shape index (κ2) is 15.9. The van der Waals surface area contributed by atoms with Gasteiger partial charge in [0.25, 0.3) is 0 Å². The van der Waals surface area contributed by atoms with E-state index in [1.165, 1.54) is 0 Å². The van der Waals surface area contributed by atoms with E-state index in [1.807, 2.05) is 12.2 Å². The second-order valence-corrected chi connectivity index (χ2v) is 1.00. The van der Waals surface area contributed by atoms with Crippen LogP contribution in [0, 0.1) is 13.5 Å². The van der Waals surface area contributed by atoms with Crippen LogP contribution in [0.25, 0.3) is 0 Å². The van der Waals surface area contributed by atoms with Crippen molar-refractivity contribution >= 4 is 0 Å². The van der Waals surface area contributed by atoms with E-state index >= 15 is 0 Å². The molecule has 0 atom stereocenters. The third-order valence-corrected chi connectivity index (χ3v) is 0.586. The minimum Gasteiger partial charge on any atom is -1.00 e. The Morgan fingerprint density at radius 2 is 1.78 bits per heavy atom. The van der Waals surface area contributed by atoms with E-state index in [1.54, 1.807) is 0 Å². The van der Waals surface area contributed by atoms with Gasteiger partial charge >= 0.3 is 18.6 Å². The van der Waals surface area contributed by atoms with E-state index in [-0.39, 0.29) is 50.8 Å². The summed E-state index contributed by atoms with van der Waals surface area (Å²) >= 11 is 0. The van der Waals surface area contributed by atoms with E-state index < -0.39 is 0 Å². The summed E-state index contributed by atoms with van der Waals surface area (Å²) in [6.45, 7) is 0. The monoisotopic (exact) mass is 201 g/mol. The molecular formula is C6H8Cl2V. The van der Waals surface area contributed by atoms with Crippen molar-refractivity contribution in [2.24, 2.45) is 0 Å². The zero-order valence-corrected chi connectivity index (χ0v) is 8.05. The number of halogens is 2. The van der Waals surface area contributed by atoms with Gasteiger partial charge < -0.3 is 32.2 Å². The van der Waals surface area contributed by atoms with Crippen molar-refractivity contribution in [3.63, 3.8) is 0 Å². The largest absolute Gasteiger partial charge is 4.00 e. The first-order chi connectivity index (χ1) is 2.50. The molecule has 0 nitrogen and oxygen atoms in total. The Hall–Kier alpha value is 0.644. The maximum Gasteiger partial charge on any atom is 4.00 e. The van der Waals surface area contributed by atoms with Gasteiger partial charge in [-0.05, 0) is 0 Å². The second-order valence-electron chi connectivity index (χ2n) is 1.00. The zero-order chi connectivity index (χ0) is 3.54. The zero-order valence-electron chi connectivity index (χ0n) is 5.14. The maximum absolute atomic E-state index is 2.99. The molecule has 1 radical (unpaired) electrons. The molecule has 0 bridgehead atoms. The molecule has 0 aromatic rings. The minimum absolute atomic E-state index is 0. The van der Waals surface area contributed by atoms with Gasteiger partial charge in [0.1, 0.15) is 0 Å². The molecule has 1 aliphatic carbocycles. The molecule has 3 heteroatoms. The first-order valence-electron chi connectivity index (χ1n) is 1.72. The fourth-order valence-corrected chi connectivity index (χ4v) is 0.340. The molecule has 1 rings (SSSR count). The van der Waals surface area contributed by atoms with Gasteiger partial charge in [-0.2, -0.15) is 6.08 Å². The predicted octanol–water partition coefficient (Wildman–Crippen LogP) is -4.24. The minimum atomic E-state index is 0. The smallest absolute Gasteiger partial charge is 1.00 e. The van der Waals surface area contributed by atoms with Crippen LogP contribution in [0.2, 0.25) is 0 Å². The molecule has 0 saturated heterocycles. The Morgan fingerprint density at radius 3 is 1.89 bits per heavy atom. The number of hydrogen-bond acceptors (Lipinski definition) is 0. The molecular weight excluding hydrogens is 194 g/mol. The van der Waals surface area contributed by atoms with Crippen LogP contribution in [-0.2, 0) is 18.6 Å². The topological polar surface area (TPSA) is 0 Å². The molecule has 0 heterocycles. The van der Waals surface area contributed by atoms with Gasteiger partial charge in [-0.3, -0.25) is 6.08 Å². The predicted molar refractivity (Wildman–Crippen MR) is 28.0 cm³/mol. The van der Waals surface area contributed by atoms with Gasteiger partial charge in [0, 0.05) is 0 Å². The van der Waals surface area contributed by atoms with Gasteiger partial charge in [0.15, 0.2) is 0 Å². The number of allylic oxidation sites excluding steroid dienone is 4. The van der Waals surface area contributed by atoms with E-state index in [9.17, 15) is 0 Å². The van der Waals surface area contributed by atoms with Crippen LogP contribution in [0.15, 0.2) is 18.2 Å². The summed E-state index contributed by atoms with van der Waals surface area (Å²) in [4.78, 5) is 0. The van der Waals surface area contributed by atoms with Crippen molar-refractivity contribution in [3.05, 3.63) is 31.7 Å². The Balaban J connectivity index is -0.0000000312. The molecule has 0 amide bonds. The van der Waals surface area contributed by atoms with Crippen LogP contribution in [0.4, 0.5) is 0 Å². The Labute approximate surface area is 81.5 Å². The van der Waals surface area contributed by atoms with Crippen molar-refractivity contribution < 1.29 is 43.4 Å². The molecule has 0 N–H and O–H groups in total. The third-order valence-electron chi connectivity index (χ3n) is 0.586. The maximum atomic E-state index is 2.99. The summed E-state index contributed by atoms with van der Waals surface area (Å²) in [6, 6.07) is 0. The van der Waals surface area contributed by atoms with Crippen LogP contribution in [-0.4, -0.2) is 0 Å². The average molecular weight is 202 g/mol. The molecule has 0 fully saturated rings. The van der Waals surface area contributed by atoms with E-state index in [4.69, 9.17) is 0 Å². The van der Waals surface area contributed by atoms with Gasteiger partial charge in [-0.1, -0.05) is 0 Å². The summed E-state index contributed by atoms with van der Waals surface area (Å²) in [7, 11) is 0. The molecule has 0 aliphatic heterocycles. The standard InChI is InChI=1S/C5H5.CH3.2ClH.V/c1-2-4-5-3-1;;;;/h1-3H,4H2;1H3;2*1H;/q2*-1;;;+4/p-2. The normalized spacial score (nSPS) is 9.78. The van der Waals surface area contributed by atoms with Crippen molar-refractivity contribution in [2.45, 2.75) is 6.42 Å². The third kappa shape index (κ3) is 12.0. The van der Waals surface area contributed by atoms with Gasteiger partial charge in [0.2, 0.25) is 0 Å². The Bertz CT molecular complexity index is 69.1. The first kappa shape index (κ1) is 22.6. The molecule has 51 valence electrons. The van der Waals surface area contributed by atoms with Crippen LogP contribution < -0.4 is 24.8 Å². The Morgan fingerprint density at radius 1 is 1.22 bits per heavy atom. The Kier molecular flexibility index (Phi) is 39.9. The molecule has 9 heavy (non-hydrogen) atoms. The van der Waals surface area contributed by atoms with E-state index in [0.717, 1.165) is 6.42 Å². The molecule has 0 aromatic heterocycles. The van der Waals surface area contributed by atoms with Gasteiger partial charge in [-0.25, -0.2) is 12.2 Å². The van der Waals surface area contributed by atoms with Crippen molar-refractivity contribution in [3.8, 4) is 0 Å². The van der Waals surface area contributed by atoms with E-state index in [2.05, 4.69) is 12.2 Å². The van der Waals surface area contributed by atoms with Gasteiger partial charge in [-0.15, -0.1) is 6.42 Å². The van der Waals surface area contributed by atoms with Crippen molar-refractivity contribution in [1.29, 1.82) is 0 Å². The summed E-state index contributed by atoms with van der Waals surface area (Å²) in [6.07, 6.45) is 10.0. The summed E-state index contributed by atoms with van der Waals surface area (Å²) < 4.78 is 0. The van der Waals surface area contributed by atoms with Crippen molar-refractivity contribution in [1.82, 2.24) is 0 Å². The quantitative estimate of drug-likeness (QED) is 0.349. The summed E-state index contributed by atoms with van der Waals surface area (Å²) in [5.74, 6) is 0. The van der Waals surface area contributed by atoms with E-state index in [0.29, 0.717) is 0 Å². The van der Waals surface area contributed by atoms with Crippen LogP contribution in [0.1, 0.15) is 6.42 Å². The van der Waals surface area contributed by atoms with Gasteiger partial charge in [0.05, 0.1) is 0 Å². The SMILES string of the molecule is [C-]1=CC=CC1.[CH3-].[Cl-].[Cl-].[V+4]. The average Bonchev–Trinajstić information content (AvgIpc) is 1.76. The van der Waals surface area contributed by atoms with Crippen molar-refractivity contribution in [2.75, 3.05) is 0 Å². The summed E-state index contributed by atoms with van der Waals surface area (Å²) in [5.41, 5.74) is 0. The molecule has 0 spiro atoms. The fraction of sp³-hybridized carbons (Fsp3) is 0.167. The fourth-order valence-electron chi connectivity index (χ4n) is 0.340. The number of rotatable bonds is 0. The molecule has 0 aromatic carbocycles. The van der Waals surface area contributed by atoms with Crippen LogP contribution in [0.5, 0.6) is 0 Å².